The predicted octanol–water partition coefficient (Wildman–Crippen LogP) is 1.29. The minimum atomic E-state index is 0.0145. The Labute approximate surface area is 114 Å². The van der Waals surface area contributed by atoms with Gasteiger partial charge in [-0.3, -0.25) is 0 Å². The van der Waals surface area contributed by atoms with E-state index >= 15 is 0 Å². The van der Waals surface area contributed by atoms with Crippen LogP contribution in [0.3, 0.4) is 0 Å². The monoisotopic (exact) mass is 266 g/mol. The van der Waals surface area contributed by atoms with Gasteiger partial charge in [-0.2, -0.15) is 0 Å². The van der Waals surface area contributed by atoms with Gasteiger partial charge < -0.3 is 25.3 Å². The first-order valence-corrected chi connectivity index (χ1v) is 6.40. The number of ether oxygens (including phenoxy) is 3. The minimum absolute atomic E-state index is 0.0145. The highest BCUT2D eigenvalue weighted by atomic mass is 16.5. The van der Waals surface area contributed by atoms with Crippen molar-refractivity contribution in [1.29, 1.82) is 0 Å². The summed E-state index contributed by atoms with van der Waals surface area (Å²) in [5.74, 6) is 1.96. The van der Waals surface area contributed by atoms with Crippen molar-refractivity contribution in [2.45, 2.75) is 24.9 Å². The zero-order valence-electron chi connectivity index (χ0n) is 11.8. The van der Waals surface area contributed by atoms with Gasteiger partial charge in [-0.1, -0.05) is 0 Å². The van der Waals surface area contributed by atoms with Crippen molar-refractivity contribution < 1.29 is 14.2 Å². The third-order valence-corrected chi connectivity index (χ3v) is 3.42. The lowest BCUT2D eigenvalue weighted by Gasteiger charge is -2.15. The minimum Gasteiger partial charge on any atom is -0.493 e. The summed E-state index contributed by atoms with van der Waals surface area (Å²) in [6, 6.07) is 3.90. The largest absolute Gasteiger partial charge is 0.493 e. The molecule has 0 radical (unpaired) electrons. The van der Waals surface area contributed by atoms with Crippen LogP contribution in [0.5, 0.6) is 17.2 Å². The van der Waals surface area contributed by atoms with Crippen molar-refractivity contribution in [1.82, 2.24) is 5.32 Å². The van der Waals surface area contributed by atoms with Gasteiger partial charge in [0.25, 0.3) is 0 Å². The molecule has 5 nitrogen and oxygen atoms in total. The first kappa shape index (κ1) is 14.0. The summed E-state index contributed by atoms with van der Waals surface area (Å²) in [5, 5.41) is 3.37. The molecule has 0 amide bonds. The van der Waals surface area contributed by atoms with E-state index in [4.69, 9.17) is 19.9 Å². The quantitative estimate of drug-likeness (QED) is 0.778. The molecule has 106 valence electrons. The van der Waals surface area contributed by atoms with Gasteiger partial charge in [0.2, 0.25) is 5.75 Å². The zero-order valence-corrected chi connectivity index (χ0v) is 11.8. The molecule has 0 atom stereocenters. The van der Waals surface area contributed by atoms with Crippen molar-refractivity contribution >= 4 is 0 Å². The van der Waals surface area contributed by atoms with Gasteiger partial charge in [0.05, 0.1) is 21.3 Å². The van der Waals surface area contributed by atoms with E-state index in [0.717, 1.165) is 31.5 Å². The topological polar surface area (TPSA) is 65.7 Å². The van der Waals surface area contributed by atoms with E-state index in [0.29, 0.717) is 17.2 Å². The zero-order chi connectivity index (χ0) is 13.9. The molecule has 1 fully saturated rings. The first-order chi connectivity index (χ1) is 9.11. The number of benzene rings is 1. The highest BCUT2D eigenvalue weighted by Crippen LogP contribution is 2.38. The predicted molar refractivity (Wildman–Crippen MR) is 74.0 cm³/mol. The Morgan fingerprint density at radius 3 is 2.11 bits per heavy atom. The molecule has 0 spiro atoms. The van der Waals surface area contributed by atoms with Crippen LogP contribution in [-0.4, -0.2) is 33.4 Å². The molecule has 0 aromatic heterocycles. The van der Waals surface area contributed by atoms with Crippen LogP contribution in [0, 0.1) is 0 Å². The summed E-state index contributed by atoms with van der Waals surface area (Å²) < 4.78 is 15.9. The van der Waals surface area contributed by atoms with Crippen LogP contribution in [-0.2, 0) is 6.54 Å². The fraction of sp³-hybridized carbons (Fsp3) is 0.571. The molecule has 3 N–H and O–H groups in total. The molecule has 0 bridgehead atoms. The number of nitrogens with one attached hydrogen (secondary N) is 1. The SMILES string of the molecule is COc1cc(CNCC2(N)CC2)cc(OC)c1OC. The summed E-state index contributed by atoms with van der Waals surface area (Å²) in [6.07, 6.45) is 2.21. The Morgan fingerprint density at radius 1 is 1.11 bits per heavy atom. The van der Waals surface area contributed by atoms with E-state index in [-0.39, 0.29) is 5.54 Å². The van der Waals surface area contributed by atoms with Gasteiger partial charge in [0.15, 0.2) is 11.5 Å². The second-order valence-corrected chi connectivity index (χ2v) is 5.00. The highest BCUT2D eigenvalue weighted by molar-refractivity contribution is 5.53. The van der Waals surface area contributed by atoms with Crippen molar-refractivity contribution in [2.24, 2.45) is 5.73 Å². The molecule has 1 aliphatic carbocycles. The lowest BCUT2D eigenvalue weighted by atomic mass is 10.1. The molecule has 1 aromatic carbocycles. The van der Waals surface area contributed by atoms with E-state index in [1.807, 2.05) is 12.1 Å². The van der Waals surface area contributed by atoms with Crippen LogP contribution in [0.1, 0.15) is 18.4 Å². The lowest BCUT2D eigenvalue weighted by molar-refractivity contribution is 0.323. The van der Waals surface area contributed by atoms with E-state index < -0.39 is 0 Å². The van der Waals surface area contributed by atoms with Crippen LogP contribution in [0.4, 0.5) is 0 Å². The summed E-state index contributed by atoms with van der Waals surface area (Å²) in [4.78, 5) is 0. The summed E-state index contributed by atoms with van der Waals surface area (Å²) in [6.45, 7) is 1.57. The third-order valence-electron chi connectivity index (χ3n) is 3.42. The molecular formula is C14H22N2O3. The van der Waals surface area contributed by atoms with E-state index in [1.54, 1.807) is 21.3 Å². The number of hydrogen-bond donors (Lipinski definition) is 2. The molecule has 1 saturated carbocycles. The fourth-order valence-electron chi connectivity index (χ4n) is 2.03. The van der Waals surface area contributed by atoms with Crippen molar-refractivity contribution in [3.8, 4) is 17.2 Å². The second kappa shape index (κ2) is 5.67. The van der Waals surface area contributed by atoms with Crippen molar-refractivity contribution in [3.05, 3.63) is 17.7 Å². The molecule has 19 heavy (non-hydrogen) atoms. The molecule has 0 unspecified atom stereocenters. The molecule has 1 aromatic rings. The third kappa shape index (κ3) is 3.30. The van der Waals surface area contributed by atoms with Gasteiger partial charge in [0.1, 0.15) is 0 Å². The van der Waals surface area contributed by atoms with Gasteiger partial charge in [-0.15, -0.1) is 0 Å². The maximum absolute atomic E-state index is 6.04. The Morgan fingerprint density at radius 2 is 1.68 bits per heavy atom. The summed E-state index contributed by atoms with van der Waals surface area (Å²) >= 11 is 0. The smallest absolute Gasteiger partial charge is 0.203 e. The molecule has 0 heterocycles. The van der Waals surface area contributed by atoms with Crippen molar-refractivity contribution in [2.75, 3.05) is 27.9 Å². The second-order valence-electron chi connectivity index (χ2n) is 5.00. The Balaban J connectivity index is 2.07. The van der Waals surface area contributed by atoms with E-state index in [9.17, 15) is 0 Å². The molecule has 1 aliphatic rings. The molecular weight excluding hydrogens is 244 g/mol. The van der Waals surface area contributed by atoms with Gasteiger partial charge in [0, 0.05) is 18.6 Å². The molecule has 2 rings (SSSR count). The van der Waals surface area contributed by atoms with E-state index in [1.165, 1.54) is 0 Å². The standard InChI is InChI=1S/C14H22N2O3/c1-17-11-6-10(7-12(18-2)13(11)19-3)8-16-9-14(15)4-5-14/h6-7,16H,4-5,8-9,15H2,1-3H3. The highest BCUT2D eigenvalue weighted by Gasteiger charge is 2.37. The number of methoxy groups -OCH3 is 3. The first-order valence-electron chi connectivity index (χ1n) is 6.40. The van der Waals surface area contributed by atoms with Crippen LogP contribution in [0.15, 0.2) is 12.1 Å². The Kier molecular flexibility index (Phi) is 4.17. The number of rotatable bonds is 7. The average Bonchev–Trinajstić information content (AvgIpc) is 3.15. The maximum Gasteiger partial charge on any atom is 0.203 e. The molecule has 0 saturated heterocycles. The Bertz CT molecular complexity index is 419. The van der Waals surface area contributed by atoms with Gasteiger partial charge in [-0.25, -0.2) is 0 Å². The van der Waals surface area contributed by atoms with Crippen LogP contribution < -0.4 is 25.3 Å². The van der Waals surface area contributed by atoms with E-state index in [2.05, 4.69) is 5.32 Å². The number of hydrogen-bond acceptors (Lipinski definition) is 5. The summed E-state index contributed by atoms with van der Waals surface area (Å²) in [7, 11) is 4.84. The summed E-state index contributed by atoms with van der Waals surface area (Å²) in [5.41, 5.74) is 7.13. The normalized spacial score (nSPS) is 16.0. The van der Waals surface area contributed by atoms with Gasteiger partial charge in [-0.05, 0) is 30.5 Å². The van der Waals surface area contributed by atoms with Gasteiger partial charge >= 0.3 is 0 Å². The maximum atomic E-state index is 6.04. The van der Waals surface area contributed by atoms with Crippen molar-refractivity contribution in [3.63, 3.8) is 0 Å². The lowest BCUT2D eigenvalue weighted by Crippen LogP contribution is -2.35. The number of nitrogens with two attached hydrogens (primary N) is 1. The fourth-order valence-corrected chi connectivity index (χ4v) is 2.03. The van der Waals surface area contributed by atoms with Crippen LogP contribution in [0.25, 0.3) is 0 Å². The molecule has 0 aliphatic heterocycles. The Hall–Kier alpha value is -1.46. The molecule has 5 heteroatoms. The average molecular weight is 266 g/mol. The van der Waals surface area contributed by atoms with Crippen LogP contribution in [0.2, 0.25) is 0 Å². The van der Waals surface area contributed by atoms with Crippen LogP contribution >= 0.6 is 0 Å².